The average molecular weight is 297 g/mol. The number of quaternary nitrogens is 1. The maximum Gasteiger partial charge on any atom is 0.277 e. The molecule has 0 aliphatic carbocycles. The van der Waals surface area contributed by atoms with Crippen molar-refractivity contribution >= 4 is 23.4 Å². The third kappa shape index (κ3) is 3.11. The van der Waals surface area contributed by atoms with E-state index >= 15 is 0 Å². The third-order valence-electron chi connectivity index (χ3n) is 3.22. The van der Waals surface area contributed by atoms with E-state index in [1.54, 1.807) is 0 Å². The Morgan fingerprint density at radius 3 is 3.05 bits per heavy atom. The highest BCUT2D eigenvalue weighted by atomic mass is 35.5. The van der Waals surface area contributed by atoms with Crippen molar-refractivity contribution in [2.24, 2.45) is 0 Å². The van der Waals surface area contributed by atoms with E-state index in [9.17, 15) is 0 Å². The first-order valence-electron chi connectivity index (χ1n) is 6.36. The Kier molecular flexibility index (Phi) is 4.06. The predicted octanol–water partition coefficient (Wildman–Crippen LogP) is 2.41. The number of aromatic nitrogens is 2. The molecule has 0 saturated carbocycles. The maximum absolute atomic E-state index is 6.11. The van der Waals surface area contributed by atoms with Gasteiger partial charge in [-0.15, -0.1) is 10.2 Å². The molecule has 6 heteroatoms. The minimum Gasteiger partial charge on any atom is -0.410 e. The summed E-state index contributed by atoms with van der Waals surface area (Å²) < 4.78 is 5.70. The summed E-state index contributed by atoms with van der Waals surface area (Å²) in [5.74, 6) is 1.49. The zero-order valence-electron chi connectivity index (χ0n) is 10.4. The molecule has 1 aliphatic heterocycles. The molecule has 4 nitrogen and oxygen atoms in total. The summed E-state index contributed by atoms with van der Waals surface area (Å²) in [5, 5.41) is 11.9. The molecule has 0 radical (unpaired) electrons. The van der Waals surface area contributed by atoms with Gasteiger partial charge in [0.15, 0.2) is 6.04 Å². The molecule has 0 amide bonds. The molecule has 1 aromatic carbocycles. The van der Waals surface area contributed by atoms with Crippen LogP contribution >= 0.6 is 23.4 Å². The second kappa shape index (κ2) is 5.94. The summed E-state index contributed by atoms with van der Waals surface area (Å²) >= 11 is 7.64. The van der Waals surface area contributed by atoms with Crippen molar-refractivity contribution in [1.82, 2.24) is 10.2 Å². The Morgan fingerprint density at radius 2 is 2.26 bits per heavy atom. The topological polar surface area (TPSA) is 55.5 Å². The van der Waals surface area contributed by atoms with E-state index in [4.69, 9.17) is 16.0 Å². The van der Waals surface area contributed by atoms with E-state index in [2.05, 4.69) is 15.5 Å². The number of nitrogens with two attached hydrogens (primary N) is 1. The van der Waals surface area contributed by atoms with Gasteiger partial charge < -0.3 is 9.73 Å². The summed E-state index contributed by atoms with van der Waals surface area (Å²) in [5.41, 5.74) is 1.08. The summed E-state index contributed by atoms with van der Waals surface area (Å²) in [6.45, 7) is 1.15. The monoisotopic (exact) mass is 296 g/mol. The van der Waals surface area contributed by atoms with Crippen LogP contribution in [0.2, 0.25) is 5.02 Å². The molecule has 2 N–H and O–H groups in total. The zero-order valence-corrected chi connectivity index (χ0v) is 12.0. The molecule has 1 fully saturated rings. The molecule has 2 heterocycles. The van der Waals surface area contributed by atoms with Crippen LogP contribution in [-0.4, -0.2) is 16.7 Å². The Bertz CT molecular complexity index is 554. The smallest absolute Gasteiger partial charge is 0.277 e. The highest BCUT2D eigenvalue weighted by Crippen LogP contribution is 2.27. The number of benzene rings is 1. The van der Waals surface area contributed by atoms with E-state index in [0.29, 0.717) is 11.3 Å². The first-order chi connectivity index (χ1) is 9.33. The van der Waals surface area contributed by atoms with Crippen LogP contribution in [0.25, 0.3) is 0 Å². The van der Waals surface area contributed by atoms with Crippen molar-refractivity contribution in [2.45, 2.75) is 29.9 Å². The number of hydrogen-bond donors (Lipinski definition) is 1. The normalized spacial score (nSPS) is 18.9. The van der Waals surface area contributed by atoms with Gasteiger partial charge in [-0.05, 0) is 11.6 Å². The molecule has 1 atom stereocenters. The van der Waals surface area contributed by atoms with Gasteiger partial charge in [-0.3, -0.25) is 0 Å². The van der Waals surface area contributed by atoms with Gasteiger partial charge in [0.1, 0.15) is 0 Å². The molecular formula is C13H15ClN3OS+. The van der Waals surface area contributed by atoms with Crippen LogP contribution < -0.4 is 5.32 Å². The van der Waals surface area contributed by atoms with Gasteiger partial charge in [-0.1, -0.05) is 41.6 Å². The van der Waals surface area contributed by atoms with E-state index in [1.807, 2.05) is 24.3 Å². The summed E-state index contributed by atoms with van der Waals surface area (Å²) in [7, 11) is 0. The molecule has 100 valence electrons. The Hall–Kier alpha value is -1.04. The summed E-state index contributed by atoms with van der Waals surface area (Å²) in [6.07, 6.45) is 2.34. The van der Waals surface area contributed by atoms with E-state index in [0.717, 1.165) is 35.2 Å². The lowest BCUT2D eigenvalue weighted by molar-refractivity contribution is -0.678. The van der Waals surface area contributed by atoms with E-state index < -0.39 is 0 Å². The lowest BCUT2D eigenvalue weighted by Gasteiger charge is -2.01. The van der Waals surface area contributed by atoms with Crippen molar-refractivity contribution in [2.75, 3.05) is 6.54 Å². The Labute approximate surface area is 120 Å². The number of thioether (sulfide) groups is 1. The fourth-order valence-corrected chi connectivity index (χ4v) is 3.24. The highest BCUT2D eigenvalue weighted by Gasteiger charge is 2.26. The van der Waals surface area contributed by atoms with Gasteiger partial charge in [0.25, 0.3) is 11.1 Å². The highest BCUT2D eigenvalue weighted by molar-refractivity contribution is 7.98. The van der Waals surface area contributed by atoms with Gasteiger partial charge in [0.2, 0.25) is 0 Å². The van der Waals surface area contributed by atoms with Crippen molar-refractivity contribution in [3.05, 3.63) is 40.7 Å². The molecule has 0 bridgehead atoms. The van der Waals surface area contributed by atoms with Crippen molar-refractivity contribution < 1.29 is 9.73 Å². The second-order valence-electron chi connectivity index (χ2n) is 4.56. The van der Waals surface area contributed by atoms with Crippen LogP contribution in [0.1, 0.15) is 30.3 Å². The van der Waals surface area contributed by atoms with Gasteiger partial charge in [0.05, 0.1) is 6.54 Å². The molecule has 1 unspecified atom stereocenters. The van der Waals surface area contributed by atoms with Crippen LogP contribution in [0.5, 0.6) is 0 Å². The van der Waals surface area contributed by atoms with Gasteiger partial charge in [-0.25, -0.2) is 0 Å². The molecule has 1 saturated heterocycles. The summed E-state index contributed by atoms with van der Waals surface area (Å²) in [4.78, 5) is 0. The fourth-order valence-electron chi connectivity index (χ4n) is 2.18. The van der Waals surface area contributed by atoms with Crippen molar-refractivity contribution in [3.63, 3.8) is 0 Å². The molecule has 3 rings (SSSR count). The van der Waals surface area contributed by atoms with Crippen LogP contribution in [0.3, 0.4) is 0 Å². The quantitative estimate of drug-likeness (QED) is 0.880. The van der Waals surface area contributed by atoms with E-state index in [1.165, 1.54) is 18.2 Å². The Morgan fingerprint density at radius 1 is 1.37 bits per heavy atom. The van der Waals surface area contributed by atoms with Gasteiger partial charge in [0, 0.05) is 23.6 Å². The summed E-state index contributed by atoms with van der Waals surface area (Å²) in [6, 6.07) is 8.16. The van der Waals surface area contributed by atoms with Gasteiger partial charge in [-0.2, -0.15) is 0 Å². The zero-order chi connectivity index (χ0) is 13.1. The number of hydrogen-bond acceptors (Lipinski definition) is 4. The van der Waals surface area contributed by atoms with Crippen molar-refractivity contribution in [3.8, 4) is 0 Å². The molecule has 1 aromatic heterocycles. The standard InChI is InChI=1S/C13H14ClN3OS/c14-10-5-2-1-4-9(10)8-19-13-17-16-12(18-13)11-6-3-7-15-11/h1-2,4-5,11,15H,3,6-8H2/p+1. The third-order valence-corrected chi connectivity index (χ3v) is 4.45. The second-order valence-corrected chi connectivity index (χ2v) is 5.89. The predicted molar refractivity (Wildman–Crippen MR) is 74.1 cm³/mol. The Balaban J connectivity index is 1.63. The number of halogens is 1. The first-order valence-corrected chi connectivity index (χ1v) is 7.72. The average Bonchev–Trinajstić information content (AvgIpc) is 3.09. The molecule has 2 aromatic rings. The SMILES string of the molecule is Clc1ccccc1CSc1nnc(C2CCC[NH2+]2)o1. The van der Waals surface area contributed by atoms with Crippen LogP contribution in [0, 0.1) is 0 Å². The molecular weight excluding hydrogens is 282 g/mol. The lowest BCUT2D eigenvalue weighted by atomic mass is 10.2. The molecule has 19 heavy (non-hydrogen) atoms. The maximum atomic E-state index is 6.11. The molecule has 0 spiro atoms. The van der Waals surface area contributed by atoms with Crippen molar-refractivity contribution in [1.29, 1.82) is 0 Å². The minimum atomic E-state index is 0.349. The van der Waals surface area contributed by atoms with Crippen LogP contribution in [0.4, 0.5) is 0 Å². The van der Waals surface area contributed by atoms with Crippen LogP contribution in [0.15, 0.2) is 33.9 Å². The molecule has 1 aliphatic rings. The number of nitrogens with zero attached hydrogens (tertiary/aromatic N) is 2. The first kappa shape index (κ1) is 13.0. The lowest BCUT2D eigenvalue weighted by Crippen LogP contribution is -2.81. The largest absolute Gasteiger partial charge is 0.410 e. The number of rotatable bonds is 4. The van der Waals surface area contributed by atoms with Crippen LogP contribution in [-0.2, 0) is 5.75 Å². The van der Waals surface area contributed by atoms with Gasteiger partial charge >= 0.3 is 0 Å². The fraction of sp³-hybridized carbons (Fsp3) is 0.385. The minimum absolute atomic E-state index is 0.349. The van der Waals surface area contributed by atoms with E-state index in [-0.39, 0.29) is 0 Å².